The summed E-state index contributed by atoms with van der Waals surface area (Å²) < 4.78 is 1.70. The molecule has 1 N–H and O–H groups in total. The molecule has 0 aliphatic heterocycles. The number of benzene rings is 1. The fourth-order valence-electron chi connectivity index (χ4n) is 0.971. The Balaban J connectivity index is 2.81. The minimum Gasteiger partial charge on any atom is -0.345 e. The van der Waals surface area contributed by atoms with E-state index >= 15 is 0 Å². The zero-order chi connectivity index (χ0) is 11.4. The number of halogens is 2. The number of rotatable bonds is 3. The molecular formula is C10H9BrINO2. The Labute approximate surface area is 110 Å². The molecule has 1 aromatic rings. The van der Waals surface area contributed by atoms with Gasteiger partial charge in [0.25, 0.3) is 5.91 Å². The molecule has 0 spiro atoms. The van der Waals surface area contributed by atoms with Crippen LogP contribution in [0.25, 0.3) is 0 Å². The predicted molar refractivity (Wildman–Crippen MR) is 69.9 cm³/mol. The first-order valence-electron chi connectivity index (χ1n) is 4.23. The zero-order valence-corrected chi connectivity index (χ0v) is 11.8. The van der Waals surface area contributed by atoms with Crippen molar-refractivity contribution in [1.29, 1.82) is 0 Å². The summed E-state index contributed by atoms with van der Waals surface area (Å²) in [5, 5.41) is 2.54. The van der Waals surface area contributed by atoms with Gasteiger partial charge in [0.15, 0.2) is 0 Å². The van der Waals surface area contributed by atoms with Gasteiger partial charge in [-0.1, -0.05) is 0 Å². The van der Waals surface area contributed by atoms with Gasteiger partial charge < -0.3 is 5.32 Å². The van der Waals surface area contributed by atoms with E-state index in [4.69, 9.17) is 0 Å². The van der Waals surface area contributed by atoms with Gasteiger partial charge in [-0.25, -0.2) is 0 Å². The summed E-state index contributed by atoms with van der Waals surface area (Å²) in [7, 11) is 0. The van der Waals surface area contributed by atoms with Crippen LogP contribution in [0.4, 0.5) is 0 Å². The topological polar surface area (TPSA) is 46.2 Å². The van der Waals surface area contributed by atoms with Crippen LogP contribution in [0.5, 0.6) is 0 Å². The monoisotopic (exact) mass is 381 g/mol. The van der Waals surface area contributed by atoms with Crippen molar-refractivity contribution >= 4 is 50.2 Å². The summed E-state index contributed by atoms with van der Waals surface area (Å²) >= 11 is 5.42. The molecule has 5 heteroatoms. The summed E-state index contributed by atoms with van der Waals surface area (Å²) in [4.78, 5) is 22.3. The molecule has 1 aromatic carbocycles. The molecule has 3 nitrogen and oxygen atoms in total. The molecule has 80 valence electrons. The third kappa shape index (κ3) is 3.90. The van der Waals surface area contributed by atoms with Crippen molar-refractivity contribution in [1.82, 2.24) is 5.32 Å². The molecule has 0 aliphatic rings. The molecule has 0 bridgehead atoms. The molecule has 0 unspecified atom stereocenters. The van der Waals surface area contributed by atoms with Gasteiger partial charge in [-0.05, 0) is 63.6 Å². The van der Waals surface area contributed by atoms with Gasteiger partial charge in [0.1, 0.15) is 5.78 Å². The molecule has 15 heavy (non-hydrogen) atoms. The van der Waals surface area contributed by atoms with E-state index in [1.807, 2.05) is 12.1 Å². The molecule has 0 saturated heterocycles. The van der Waals surface area contributed by atoms with Crippen molar-refractivity contribution in [3.05, 3.63) is 31.8 Å². The van der Waals surface area contributed by atoms with Gasteiger partial charge >= 0.3 is 0 Å². The van der Waals surface area contributed by atoms with Gasteiger partial charge in [-0.15, -0.1) is 0 Å². The number of hydrogen-bond acceptors (Lipinski definition) is 2. The lowest BCUT2D eigenvalue weighted by atomic mass is 10.2. The van der Waals surface area contributed by atoms with Crippen molar-refractivity contribution in [2.75, 3.05) is 6.54 Å². The number of carbonyl (C=O) groups is 2. The highest BCUT2D eigenvalue weighted by atomic mass is 127. The maximum Gasteiger partial charge on any atom is 0.252 e. The van der Waals surface area contributed by atoms with Gasteiger partial charge in [-0.2, -0.15) is 0 Å². The highest BCUT2D eigenvalue weighted by Gasteiger charge is 2.10. The second-order valence-corrected chi connectivity index (χ2v) is 5.11. The van der Waals surface area contributed by atoms with E-state index in [-0.39, 0.29) is 18.2 Å². The largest absolute Gasteiger partial charge is 0.345 e. The molecule has 1 rings (SSSR count). The van der Waals surface area contributed by atoms with Crippen molar-refractivity contribution < 1.29 is 9.59 Å². The van der Waals surface area contributed by atoms with Crippen LogP contribution >= 0.6 is 38.5 Å². The van der Waals surface area contributed by atoms with Crippen LogP contribution in [0.3, 0.4) is 0 Å². The average Bonchev–Trinajstić information content (AvgIpc) is 2.18. The fourth-order valence-corrected chi connectivity index (χ4v) is 1.89. The standard InChI is InChI=1S/C10H9BrINO2/c1-6(14)5-13-10(15)8-4-7(12)2-3-9(8)11/h2-4H,5H2,1H3,(H,13,15). The molecule has 0 saturated carbocycles. The van der Waals surface area contributed by atoms with Crippen LogP contribution < -0.4 is 5.32 Å². The molecule has 0 aliphatic carbocycles. The molecule has 0 aromatic heterocycles. The Morgan fingerprint density at radius 3 is 2.73 bits per heavy atom. The van der Waals surface area contributed by atoms with E-state index in [0.29, 0.717) is 5.56 Å². The van der Waals surface area contributed by atoms with Gasteiger partial charge in [0.05, 0.1) is 12.1 Å². The number of hydrogen-bond donors (Lipinski definition) is 1. The van der Waals surface area contributed by atoms with E-state index in [9.17, 15) is 9.59 Å². The van der Waals surface area contributed by atoms with Crippen LogP contribution in [0, 0.1) is 3.57 Å². The molecule has 0 heterocycles. The van der Waals surface area contributed by atoms with Crippen molar-refractivity contribution in [2.45, 2.75) is 6.92 Å². The number of Topliss-reactive ketones (excluding diaryl/α,β-unsaturated/α-hetero) is 1. The molecule has 0 atom stereocenters. The maximum atomic E-state index is 11.6. The summed E-state index contributed by atoms with van der Waals surface area (Å²) in [5.41, 5.74) is 0.545. The van der Waals surface area contributed by atoms with Gasteiger partial charge in [-0.3, -0.25) is 9.59 Å². The Hall–Kier alpha value is -0.430. The summed E-state index contributed by atoms with van der Waals surface area (Å²) in [6.07, 6.45) is 0. The lowest BCUT2D eigenvalue weighted by Gasteiger charge is -2.05. The van der Waals surface area contributed by atoms with Crippen molar-refractivity contribution in [3.8, 4) is 0 Å². The predicted octanol–water partition coefficient (Wildman–Crippen LogP) is 2.37. The third-order valence-electron chi connectivity index (χ3n) is 1.67. The minimum atomic E-state index is -0.240. The highest BCUT2D eigenvalue weighted by Crippen LogP contribution is 2.19. The minimum absolute atomic E-state index is 0.0647. The zero-order valence-electron chi connectivity index (χ0n) is 8.01. The number of nitrogens with one attached hydrogen (secondary N) is 1. The maximum absolute atomic E-state index is 11.6. The van der Waals surface area contributed by atoms with Crippen LogP contribution in [0.2, 0.25) is 0 Å². The van der Waals surface area contributed by atoms with E-state index in [1.54, 1.807) is 6.07 Å². The van der Waals surface area contributed by atoms with Gasteiger partial charge in [0.2, 0.25) is 0 Å². The lowest BCUT2D eigenvalue weighted by molar-refractivity contribution is -0.116. The molecule has 0 fully saturated rings. The summed E-state index contributed by atoms with van der Waals surface area (Å²) in [6, 6.07) is 5.47. The number of carbonyl (C=O) groups excluding carboxylic acids is 2. The van der Waals surface area contributed by atoms with Crippen LogP contribution in [-0.2, 0) is 4.79 Å². The van der Waals surface area contributed by atoms with E-state index in [0.717, 1.165) is 8.04 Å². The normalized spacial score (nSPS) is 9.80. The molecular weight excluding hydrogens is 373 g/mol. The molecule has 0 radical (unpaired) electrons. The second kappa shape index (κ2) is 5.60. The van der Waals surface area contributed by atoms with Gasteiger partial charge in [0, 0.05) is 8.04 Å². The van der Waals surface area contributed by atoms with Crippen molar-refractivity contribution in [2.24, 2.45) is 0 Å². The number of amides is 1. The first-order chi connectivity index (χ1) is 7.00. The first-order valence-corrected chi connectivity index (χ1v) is 6.10. The fraction of sp³-hybridized carbons (Fsp3) is 0.200. The van der Waals surface area contributed by atoms with E-state index in [2.05, 4.69) is 43.8 Å². The summed E-state index contributed by atoms with van der Waals surface area (Å²) in [5.74, 6) is -0.305. The third-order valence-corrected chi connectivity index (χ3v) is 3.03. The van der Waals surface area contributed by atoms with Crippen LogP contribution in [-0.4, -0.2) is 18.2 Å². The quantitative estimate of drug-likeness (QED) is 0.817. The summed E-state index contributed by atoms with van der Waals surface area (Å²) in [6.45, 7) is 1.50. The lowest BCUT2D eigenvalue weighted by Crippen LogP contribution is -2.28. The van der Waals surface area contributed by atoms with E-state index in [1.165, 1.54) is 6.92 Å². The van der Waals surface area contributed by atoms with Crippen LogP contribution in [0.15, 0.2) is 22.7 Å². The number of ketones is 1. The Morgan fingerprint density at radius 1 is 1.47 bits per heavy atom. The first kappa shape index (κ1) is 12.6. The van der Waals surface area contributed by atoms with Crippen molar-refractivity contribution in [3.63, 3.8) is 0 Å². The second-order valence-electron chi connectivity index (χ2n) is 3.01. The smallest absolute Gasteiger partial charge is 0.252 e. The Kier molecular flexibility index (Phi) is 4.72. The highest BCUT2D eigenvalue weighted by molar-refractivity contribution is 14.1. The average molecular weight is 382 g/mol. The van der Waals surface area contributed by atoms with E-state index < -0.39 is 0 Å². The Morgan fingerprint density at radius 2 is 2.13 bits per heavy atom. The SMILES string of the molecule is CC(=O)CNC(=O)c1cc(I)ccc1Br. The Bertz CT molecular complexity index is 406. The molecule has 1 amide bonds. The van der Waals surface area contributed by atoms with Crippen LogP contribution in [0.1, 0.15) is 17.3 Å².